The monoisotopic (exact) mass is 305 g/mol. The third-order valence-electron chi connectivity index (χ3n) is 3.96. The average molecular weight is 305 g/mol. The van der Waals surface area contributed by atoms with Crippen LogP contribution in [0, 0.1) is 5.92 Å². The number of aromatic nitrogens is 1. The maximum Gasteiger partial charge on any atom is 0.341 e. The Kier molecular flexibility index (Phi) is 5.32. The van der Waals surface area contributed by atoms with Crippen molar-refractivity contribution in [1.82, 2.24) is 15.0 Å². The maximum atomic E-state index is 12.5. The van der Waals surface area contributed by atoms with Crippen LogP contribution in [0.3, 0.4) is 0 Å². The number of hydrogen-bond acceptors (Lipinski definition) is 4. The Labute approximate surface area is 130 Å². The summed E-state index contributed by atoms with van der Waals surface area (Å²) in [5.74, 6) is 0.329. The fraction of sp³-hybridized carbons (Fsp3) is 0.533. The molecular formula is C15H23N5O2. The van der Waals surface area contributed by atoms with Gasteiger partial charge in [0.25, 0.3) is 5.91 Å². The highest BCUT2D eigenvalue weighted by Gasteiger charge is 2.34. The molecule has 1 saturated heterocycles. The summed E-state index contributed by atoms with van der Waals surface area (Å²) < 4.78 is 0. The zero-order valence-corrected chi connectivity index (χ0v) is 13.0. The van der Waals surface area contributed by atoms with E-state index in [-0.39, 0.29) is 17.9 Å². The Bertz CT molecular complexity index is 522. The highest BCUT2D eigenvalue weighted by atomic mass is 16.2. The highest BCUT2D eigenvalue weighted by molar-refractivity contribution is 5.91. The van der Waals surface area contributed by atoms with Crippen LogP contribution in [0.4, 0.5) is 10.6 Å². The molecule has 0 bridgehead atoms. The third-order valence-corrected chi connectivity index (χ3v) is 3.96. The second kappa shape index (κ2) is 7.22. The second-order valence-electron chi connectivity index (χ2n) is 5.49. The SMILES string of the molecule is CC[C@H](C)[C@H](N)C(=O)N1CCCN1C(=O)Nc1ccccn1. The average Bonchev–Trinajstić information content (AvgIpc) is 3.03. The van der Waals surface area contributed by atoms with E-state index in [9.17, 15) is 9.59 Å². The van der Waals surface area contributed by atoms with Crippen LogP contribution in [0.1, 0.15) is 26.7 Å². The van der Waals surface area contributed by atoms with Crippen molar-refractivity contribution < 1.29 is 9.59 Å². The number of urea groups is 1. The first-order valence-electron chi connectivity index (χ1n) is 7.61. The van der Waals surface area contributed by atoms with E-state index in [4.69, 9.17) is 5.73 Å². The Balaban J connectivity index is 2.03. The molecule has 2 heterocycles. The minimum absolute atomic E-state index is 0.0776. The lowest BCUT2D eigenvalue weighted by molar-refractivity contribution is -0.142. The van der Waals surface area contributed by atoms with E-state index >= 15 is 0 Å². The van der Waals surface area contributed by atoms with Gasteiger partial charge in [-0.2, -0.15) is 0 Å². The summed E-state index contributed by atoms with van der Waals surface area (Å²) in [5.41, 5.74) is 6.00. The van der Waals surface area contributed by atoms with Gasteiger partial charge in [0.05, 0.1) is 6.04 Å². The minimum atomic E-state index is -0.590. The van der Waals surface area contributed by atoms with Gasteiger partial charge in [-0.1, -0.05) is 26.3 Å². The van der Waals surface area contributed by atoms with Crippen molar-refractivity contribution in [3.8, 4) is 0 Å². The fourth-order valence-electron chi connectivity index (χ4n) is 2.33. The Morgan fingerprint density at radius 1 is 1.36 bits per heavy atom. The van der Waals surface area contributed by atoms with Crippen LogP contribution in [0.5, 0.6) is 0 Å². The van der Waals surface area contributed by atoms with Crippen molar-refractivity contribution >= 4 is 17.8 Å². The lowest BCUT2D eigenvalue weighted by atomic mass is 9.99. The molecule has 0 unspecified atom stereocenters. The van der Waals surface area contributed by atoms with Gasteiger partial charge in [0.1, 0.15) is 5.82 Å². The number of hydrogen-bond donors (Lipinski definition) is 2. The van der Waals surface area contributed by atoms with Crippen LogP contribution in [0.15, 0.2) is 24.4 Å². The molecule has 1 aromatic rings. The van der Waals surface area contributed by atoms with Gasteiger partial charge in [-0.15, -0.1) is 0 Å². The predicted octanol–water partition coefficient (Wildman–Crippen LogP) is 1.44. The number of nitrogens with zero attached hydrogens (tertiary/aromatic N) is 3. The van der Waals surface area contributed by atoms with Crippen LogP contribution >= 0.6 is 0 Å². The van der Waals surface area contributed by atoms with Crippen LogP contribution in [-0.2, 0) is 4.79 Å². The summed E-state index contributed by atoms with van der Waals surface area (Å²) in [4.78, 5) is 28.9. The normalized spacial score (nSPS) is 17.2. The van der Waals surface area contributed by atoms with Gasteiger partial charge in [0.15, 0.2) is 0 Å². The molecule has 2 atom stereocenters. The van der Waals surface area contributed by atoms with Gasteiger partial charge in [0.2, 0.25) is 0 Å². The van der Waals surface area contributed by atoms with E-state index < -0.39 is 6.04 Å². The third kappa shape index (κ3) is 3.54. The molecule has 0 aliphatic carbocycles. The summed E-state index contributed by atoms with van der Waals surface area (Å²) in [5, 5.41) is 5.56. The van der Waals surface area contributed by atoms with Gasteiger partial charge in [-0.3, -0.25) is 10.1 Å². The molecule has 22 heavy (non-hydrogen) atoms. The number of hydrazine groups is 1. The summed E-state index contributed by atoms with van der Waals surface area (Å²) in [7, 11) is 0. The van der Waals surface area contributed by atoms with Crippen molar-refractivity contribution in [2.45, 2.75) is 32.7 Å². The summed E-state index contributed by atoms with van der Waals surface area (Å²) in [6, 6.07) is 4.31. The number of anilines is 1. The van der Waals surface area contributed by atoms with Crippen LogP contribution in [0.25, 0.3) is 0 Å². The number of carbonyl (C=O) groups is 2. The minimum Gasteiger partial charge on any atom is -0.320 e. The summed E-state index contributed by atoms with van der Waals surface area (Å²) in [6.45, 7) is 4.94. The zero-order valence-electron chi connectivity index (χ0n) is 13.0. The molecule has 0 radical (unpaired) electrons. The number of rotatable bonds is 4. The van der Waals surface area contributed by atoms with Gasteiger partial charge >= 0.3 is 6.03 Å². The van der Waals surface area contributed by atoms with Crippen molar-refractivity contribution in [3.05, 3.63) is 24.4 Å². The Hall–Kier alpha value is -2.15. The first-order chi connectivity index (χ1) is 10.5. The van der Waals surface area contributed by atoms with E-state index in [2.05, 4.69) is 10.3 Å². The van der Waals surface area contributed by atoms with Gasteiger partial charge in [-0.25, -0.2) is 19.8 Å². The van der Waals surface area contributed by atoms with E-state index in [0.29, 0.717) is 18.9 Å². The first-order valence-corrected chi connectivity index (χ1v) is 7.61. The van der Waals surface area contributed by atoms with Gasteiger partial charge < -0.3 is 5.73 Å². The number of nitrogens with two attached hydrogens (primary N) is 1. The topological polar surface area (TPSA) is 91.6 Å². The summed E-state index contributed by atoms with van der Waals surface area (Å²) in [6.07, 6.45) is 3.16. The van der Waals surface area contributed by atoms with Gasteiger partial charge in [-0.05, 0) is 24.5 Å². The van der Waals surface area contributed by atoms with E-state index in [1.54, 1.807) is 24.4 Å². The number of pyridine rings is 1. The molecule has 2 rings (SSSR count). The van der Waals surface area contributed by atoms with E-state index in [1.165, 1.54) is 10.0 Å². The van der Waals surface area contributed by atoms with Crippen LogP contribution in [0.2, 0.25) is 0 Å². The van der Waals surface area contributed by atoms with Gasteiger partial charge in [0, 0.05) is 19.3 Å². The molecule has 7 nitrogen and oxygen atoms in total. The first kappa shape index (κ1) is 16.2. The number of carbonyl (C=O) groups excluding carboxylic acids is 2. The highest BCUT2D eigenvalue weighted by Crippen LogP contribution is 2.17. The molecular weight excluding hydrogens is 282 g/mol. The van der Waals surface area contributed by atoms with E-state index in [1.807, 2.05) is 13.8 Å². The molecule has 3 N–H and O–H groups in total. The quantitative estimate of drug-likeness (QED) is 0.880. The molecule has 1 aliphatic heterocycles. The van der Waals surface area contributed by atoms with Crippen LogP contribution in [-0.4, -0.2) is 46.1 Å². The summed E-state index contributed by atoms with van der Waals surface area (Å²) >= 11 is 0. The molecule has 1 aromatic heterocycles. The predicted molar refractivity (Wildman–Crippen MR) is 83.7 cm³/mol. The molecule has 0 saturated carbocycles. The van der Waals surface area contributed by atoms with Crippen molar-refractivity contribution in [1.29, 1.82) is 0 Å². The standard InChI is InChI=1S/C15H23N5O2/c1-3-11(2)13(16)14(21)19-9-6-10-20(19)15(22)18-12-7-4-5-8-17-12/h4-5,7-8,11,13H,3,6,9-10,16H2,1-2H3,(H,17,18,22)/t11-,13-/m0/s1. The van der Waals surface area contributed by atoms with E-state index in [0.717, 1.165) is 12.8 Å². The maximum absolute atomic E-state index is 12.5. The zero-order chi connectivity index (χ0) is 16.1. The van der Waals surface area contributed by atoms with Crippen molar-refractivity contribution in [2.24, 2.45) is 11.7 Å². The molecule has 3 amide bonds. The van der Waals surface area contributed by atoms with Crippen LogP contribution < -0.4 is 11.1 Å². The number of amides is 3. The largest absolute Gasteiger partial charge is 0.341 e. The molecule has 1 fully saturated rings. The van der Waals surface area contributed by atoms with Crippen molar-refractivity contribution in [3.63, 3.8) is 0 Å². The molecule has 1 aliphatic rings. The molecule has 0 spiro atoms. The molecule has 0 aromatic carbocycles. The Morgan fingerprint density at radius 3 is 2.73 bits per heavy atom. The molecule has 120 valence electrons. The lowest BCUT2D eigenvalue weighted by Crippen LogP contribution is -2.53. The Morgan fingerprint density at radius 2 is 2.09 bits per heavy atom. The van der Waals surface area contributed by atoms with Crippen molar-refractivity contribution in [2.75, 3.05) is 18.4 Å². The smallest absolute Gasteiger partial charge is 0.320 e. The lowest BCUT2D eigenvalue weighted by Gasteiger charge is -2.31. The fourth-order valence-corrected chi connectivity index (χ4v) is 2.33. The number of nitrogens with one attached hydrogen (secondary N) is 1. The second-order valence-corrected chi connectivity index (χ2v) is 5.49. The molecule has 7 heteroatoms.